The molecular weight excluding hydrogens is 330 g/mol. The van der Waals surface area contributed by atoms with Crippen LogP contribution in [0.25, 0.3) is 10.2 Å². The van der Waals surface area contributed by atoms with Crippen LogP contribution in [0, 0.1) is 13.8 Å². The first kappa shape index (κ1) is 15.8. The van der Waals surface area contributed by atoms with E-state index in [2.05, 4.69) is 26.9 Å². The molecule has 0 fully saturated rings. The van der Waals surface area contributed by atoms with E-state index in [9.17, 15) is 0 Å². The van der Waals surface area contributed by atoms with E-state index < -0.39 is 0 Å². The Kier molecular flexibility index (Phi) is 3.99. The van der Waals surface area contributed by atoms with Gasteiger partial charge in [-0.3, -0.25) is 0 Å². The molecule has 9 heteroatoms. The summed E-state index contributed by atoms with van der Waals surface area (Å²) >= 11 is 3.02. The predicted molar refractivity (Wildman–Crippen MR) is 96.4 cm³/mol. The van der Waals surface area contributed by atoms with Crippen LogP contribution >= 0.6 is 23.1 Å². The summed E-state index contributed by atoms with van der Waals surface area (Å²) in [5, 5.41) is 1.36. The minimum absolute atomic E-state index is 0.0781. The molecule has 3 rings (SSSR count). The normalized spacial score (nSPS) is 12.7. The van der Waals surface area contributed by atoms with E-state index in [0.717, 1.165) is 15.8 Å². The lowest BCUT2D eigenvalue weighted by Gasteiger charge is -2.10. The zero-order valence-corrected chi connectivity index (χ0v) is 14.6. The van der Waals surface area contributed by atoms with Crippen molar-refractivity contribution in [3.63, 3.8) is 0 Å². The molecule has 3 aromatic rings. The number of hydrogen-bond acceptors (Lipinski definition) is 9. The monoisotopic (exact) mass is 347 g/mol. The zero-order valence-electron chi connectivity index (χ0n) is 13.0. The molecule has 0 amide bonds. The van der Waals surface area contributed by atoms with Crippen molar-refractivity contribution in [3.05, 3.63) is 22.3 Å². The summed E-state index contributed by atoms with van der Waals surface area (Å²) in [5.74, 6) is 1.83. The fourth-order valence-electron chi connectivity index (χ4n) is 2.21. The summed E-state index contributed by atoms with van der Waals surface area (Å²) in [5.41, 5.74) is 18.7. The molecule has 0 aliphatic carbocycles. The Morgan fingerprint density at radius 3 is 2.35 bits per heavy atom. The maximum absolute atomic E-state index is 6.13. The molecule has 0 unspecified atom stereocenters. The lowest BCUT2D eigenvalue weighted by molar-refractivity contribution is 0.919. The second kappa shape index (κ2) is 5.82. The maximum Gasteiger partial charge on any atom is 0.192 e. The zero-order chi connectivity index (χ0) is 16.7. The Labute approximate surface area is 141 Å². The lowest BCUT2D eigenvalue weighted by atomic mass is 10.2. The van der Waals surface area contributed by atoms with Gasteiger partial charge in [0.1, 0.15) is 28.1 Å². The molecule has 3 heterocycles. The highest BCUT2D eigenvalue weighted by molar-refractivity contribution is 7.99. The molecule has 7 nitrogen and oxygen atoms in total. The minimum atomic E-state index is -0.0781. The van der Waals surface area contributed by atoms with Gasteiger partial charge in [-0.25, -0.2) is 19.9 Å². The third-order valence-corrected chi connectivity index (χ3v) is 5.52. The van der Waals surface area contributed by atoms with Crippen molar-refractivity contribution in [2.24, 2.45) is 0 Å². The Balaban J connectivity index is 1.96. The van der Waals surface area contributed by atoms with Gasteiger partial charge in [-0.1, -0.05) is 11.8 Å². The summed E-state index contributed by atoms with van der Waals surface area (Å²) in [4.78, 5) is 19.5. The van der Waals surface area contributed by atoms with Crippen LogP contribution in [0.3, 0.4) is 0 Å². The molecule has 0 aromatic carbocycles. The smallest absolute Gasteiger partial charge is 0.192 e. The van der Waals surface area contributed by atoms with Crippen LogP contribution in [0.4, 0.5) is 17.5 Å². The second-order valence-electron chi connectivity index (χ2n) is 5.19. The highest BCUT2D eigenvalue weighted by Gasteiger charge is 2.18. The maximum atomic E-state index is 6.13. The summed E-state index contributed by atoms with van der Waals surface area (Å²) in [7, 11) is 0. The minimum Gasteiger partial charge on any atom is -0.383 e. The van der Waals surface area contributed by atoms with Gasteiger partial charge in [0.2, 0.25) is 0 Å². The van der Waals surface area contributed by atoms with E-state index >= 15 is 0 Å². The molecule has 0 aliphatic rings. The lowest BCUT2D eigenvalue weighted by Crippen LogP contribution is -2.04. The third kappa shape index (κ3) is 3.02. The molecule has 0 radical (unpaired) electrons. The number of aromatic nitrogens is 4. The third-order valence-electron chi connectivity index (χ3n) is 3.47. The molecule has 120 valence electrons. The number of nitrogen functional groups attached to an aromatic ring is 3. The van der Waals surface area contributed by atoms with Crippen molar-refractivity contribution in [1.29, 1.82) is 0 Å². The van der Waals surface area contributed by atoms with Gasteiger partial charge in [0.05, 0.1) is 10.6 Å². The van der Waals surface area contributed by atoms with E-state index in [4.69, 9.17) is 17.2 Å². The van der Waals surface area contributed by atoms with Crippen LogP contribution in [0.1, 0.15) is 28.4 Å². The average Bonchev–Trinajstić information content (AvgIpc) is 2.73. The first-order chi connectivity index (χ1) is 10.8. The number of hydrogen-bond donors (Lipinski definition) is 3. The molecule has 6 N–H and O–H groups in total. The summed E-state index contributed by atoms with van der Waals surface area (Å²) < 4.78 is 0. The second-order valence-corrected chi connectivity index (χ2v) is 7.70. The van der Waals surface area contributed by atoms with Gasteiger partial charge in [-0.2, -0.15) is 0 Å². The van der Waals surface area contributed by atoms with Gasteiger partial charge in [-0.15, -0.1) is 11.3 Å². The van der Waals surface area contributed by atoms with Crippen molar-refractivity contribution in [1.82, 2.24) is 19.9 Å². The van der Waals surface area contributed by atoms with Crippen molar-refractivity contribution in [3.8, 4) is 0 Å². The fraction of sp³-hybridized carbons (Fsp3) is 0.286. The first-order valence-electron chi connectivity index (χ1n) is 6.95. The van der Waals surface area contributed by atoms with E-state index in [1.165, 1.54) is 22.7 Å². The van der Waals surface area contributed by atoms with E-state index in [1.807, 2.05) is 13.8 Å². The molecule has 23 heavy (non-hydrogen) atoms. The van der Waals surface area contributed by atoms with Crippen molar-refractivity contribution in [2.75, 3.05) is 17.2 Å². The number of nitrogens with two attached hydrogens (primary N) is 3. The Bertz CT molecular complexity index is 870. The standard InChI is InChI=1S/C14H17N7S2/c1-5-6(2)22-13-10(5)11(17)20-12(21-13)7(3)23-14-18-8(15)4-9(16)19-14/h4,7H,1-3H3,(H2,17,20,21)(H4,15,16,18,19)/t7-/m1/s1. The SMILES string of the molecule is Cc1sc2nc([C@@H](C)Sc3nc(N)cc(N)n3)nc(N)c2c1C. The highest BCUT2D eigenvalue weighted by Crippen LogP contribution is 2.36. The van der Waals surface area contributed by atoms with Crippen molar-refractivity contribution < 1.29 is 0 Å². The Morgan fingerprint density at radius 2 is 1.70 bits per heavy atom. The van der Waals surface area contributed by atoms with Gasteiger partial charge in [-0.05, 0) is 26.3 Å². The van der Waals surface area contributed by atoms with Crippen LogP contribution in [-0.2, 0) is 0 Å². The first-order valence-corrected chi connectivity index (χ1v) is 8.64. The van der Waals surface area contributed by atoms with Gasteiger partial charge < -0.3 is 17.2 Å². The number of thiophene rings is 1. The van der Waals surface area contributed by atoms with Crippen molar-refractivity contribution in [2.45, 2.75) is 31.2 Å². The van der Waals surface area contributed by atoms with Gasteiger partial charge >= 0.3 is 0 Å². The molecule has 3 aromatic heterocycles. The molecule has 0 bridgehead atoms. The number of thioether (sulfide) groups is 1. The van der Waals surface area contributed by atoms with Crippen LogP contribution < -0.4 is 17.2 Å². The van der Waals surface area contributed by atoms with Crippen LogP contribution in [0.5, 0.6) is 0 Å². The van der Waals surface area contributed by atoms with E-state index in [1.54, 1.807) is 11.3 Å². The van der Waals surface area contributed by atoms with Crippen LogP contribution in [0.15, 0.2) is 11.2 Å². The molecule has 0 aliphatic heterocycles. The largest absolute Gasteiger partial charge is 0.383 e. The Hall–Kier alpha value is -2.13. The molecule has 0 saturated heterocycles. The average molecular weight is 347 g/mol. The predicted octanol–water partition coefficient (Wildman–Crippen LogP) is 2.70. The summed E-state index contributed by atoms with van der Waals surface area (Å²) in [6, 6.07) is 1.52. The summed E-state index contributed by atoms with van der Waals surface area (Å²) in [6.07, 6.45) is 0. The van der Waals surface area contributed by atoms with Gasteiger partial charge in [0.25, 0.3) is 0 Å². The number of anilines is 3. The van der Waals surface area contributed by atoms with Crippen LogP contribution in [-0.4, -0.2) is 19.9 Å². The van der Waals surface area contributed by atoms with Gasteiger partial charge in [0.15, 0.2) is 5.16 Å². The number of rotatable bonds is 3. The Morgan fingerprint density at radius 1 is 1.04 bits per heavy atom. The molecular formula is C14H17N7S2. The van der Waals surface area contributed by atoms with Crippen molar-refractivity contribution >= 4 is 50.8 Å². The number of aryl methyl sites for hydroxylation is 2. The molecule has 0 saturated carbocycles. The molecule has 0 spiro atoms. The van der Waals surface area contributed by atoms with Gasteiger partial charge in [0, 0.05) is 10.9 Å². The summed E-state index contributed by atoms with van der Waals surface area (Å²) in [6.45, 7) is 6.07. The number of fused-ring (bicyclic) bond motifs is 1. The number of nitrogens with zero attached hydrogens (tertiary/aromatic N) is 4. The van der Waals surface area contributed by atoms with E-state index in [0.29, 0.717) is 28.4 Å². The quantitative estimate of drug-likeness (QED) is 0.487. The fourth-order valence-corrected chi connectivity index (χ4v) is 4.09. The van der Waals surface area contributed by atoms with E-state index in [-0.39, 0.29) is 5.25 Å². The topological polar surface area (TPSA) is 130 Å². The molecule has 1 atom stereocenters. The highest BCUT2D eigenvalue weighted by atomic mass is 32.2. The van der Waals surface area contributed by atoms with Crippen LogP contribution in [0.2, 0.25) is 0 Å².